The third kappa shape index (κ3) is 4.47. The van der Waals surface area contributed by atoms with Gasteiger partial charge >= 0.3 is 0 Å². The van der Waals surface area contributed by atoms with E-state index >= 15 is 0 Å². The van der Waals surface area contributed by atoms with E-state index in [1.54, 1.807) is 0 Å². The maximum absolute atomic E-state index is 5.74. The molecule has 23 heavy (non-hydrogen) atoms. The molecule has 3 rings (SSSR count). The lowest BCUT2D eigenvalue weighted by atomic mass is 9.78. The smallest absolute Gasteiger partial charge is 0.193 e. The van der Waals surface area contributed by atoms with Crippen molar-refractivity contribution in [2.75, 3.05) is 39.9 Å². The van der Waals surface area contributed by atoms with Crippen LogP contribution in [0.25, 0.3) is 0 Å². The zero-order valence-corrected chi connectivity index (χ0v) is 14.4. The van der Waals surface area contributed by atoms with E-state index in [1.165, 1.54) is 24.0 Å². The molecular formula is C19H29N3O. The van der Waals surface area contributed by atoms with E-state index in [-0.39, 0.29) is 0 Å². The highest BCUT2D eigenvalue weighted by atomic mass is 16.5. The Morgan fingerprint density at radius 3 is 2.91 bits per heavy atom. The van der Waals surface area contributed by atoms with Gasteiger partial charge in [0.2, 0.25) is 0 Å². The molecule has 1 aromatic rings. The normalized spacial score (nSPS) is 19.9. The fourth-order valence-electron chi connectivity index (χ4n) is 3.03. The Hall–Kier alpha value is -1.55. The highest BCUT2D eigenvalue weighted by Crippen LogP contribution is 2.34. The maximum Gasteiger partial charge on any atom is 0.193 e. The summed E-state index contributed by atoms with van der Waals surface area (Å²) < 4.78 is 5.74. The number of likely N-dealkylation sites (N-methyl/N-ethyl adjacent to an activating group) is 1. The monoisotopic (exact) mass is 315 g/mol. The molecule has 0 heterocycles. The van der Waals surface area contributed by atoms with Gasteiger partial charge in [-0.2, -0.15) is 0 Å². The predicted molar refractivity (Wildman–Crippen MR) is 95.0 cm³/mol. The second kappa shape index (κ2) is 7.82. The van der Waals surface area contributed by atoms with Crippen molar-refractivity contribution in [1.29, 1.82) is 0 Å². The summed E-state index contributed by atoms with van der Waals surface area (Å²) in [5.41, 5.74) is 2.96. The van der Waals surface area contributed by atoms with Gasteiger partial charge in [0.15, 0.2) is 5.96 Å². The molecule has 1 saturated carbocycles. The first-order chi connectivity index (χ1) is 11.3. The van der Waals surface area contributed by atoms with Gasteiger partial charge in [-0.15, -0.1) is 0 Å². The number of fused-ring (bicyclic) bond motifs is 1. The number of ether oxygens (including phenoxy) is 1. The molecule has 4 nitrogen and oxygen atoms in total. The van der Waals surface area contributed by atoms with Crippen molar-refractivity contribution < 1.29 is 4.74 Å². The van der Waals surface area contributed by atoms with Crippen molar-refractivity contribution in [3.63, 3.8) is 0 Å². The second-order valence-electron chi connectivity index (χ2n) is 6.73. The zero-order chi connectivity index (χ0) is 16.1. The van der Waals surface area contributed by atoms with Gasteiger partial charge < -0.3 is 15.0 Å². The summed E-state index contributed by atoms with van der Waals surface area (Å²) in [6.07, 6.45) is 3.86. The minimum atomic E-state index is 0.583. The molecule has 1 N–H and O–H groups in total. The topological polar surface area (TPSA) is 36.9 Å². The standard InChI is InChI=1S/C19H29N3O/c1-3-20-19(22(2)10-11-23-14-15-8-9-15)21-13-17-12-16-6-4-5-7-18(16)17/h4-7,15,17H,3,8-14H2,1-2H3,(H,20,21). The van der Waals surface area contributed by atoms with Crippen molar-refractivity contribution in [3.8, 4) is 0 Å². The fraction of sp³-hybridized carbons (Fsp3) is 0.632. The summed E-state index contributed by atoms with van der Waals surface area (Å²) in [6.45, 7) is 6.48. The van der Waals surface area contributed by atoms with Crippen LogP contribution in [0, 0.1) is 5.92 Å². The van der Waals surface area contributed by atoms with E-state index in [4.69, 9.17) is 9.73 Å². The first kappa shape index (κ1) is 16.3. The fourth-order valence-corrected chi connectivity index (χ4v) is 3.03. The van der Waals surface area contributed by atoms with E-state index in [0.717, 1.165) is 51.1 Å². The van der Waals surface area contributed by atoms with Crippen LogP contribution < -0.4 is 5.32 Å². The molecule has 1 fully saturated rings. The van der Waals surface area contributed by atoms with Crippen molar-refractivity contribution in [2.45, 2.75) is 32.1 Å². The Kier molecular flexibility index (Phi) is 5.55. The molecule has 0 bridgehead atoms. The molecule has 0 radical (unpaired) electrons. The summed E-state index contributed by atoms with van der Waals surface area (Å²) in [6, 6.07) is 8.71. The quantitative estimate of drug-likeness (QED) is 0.455. The van der Waals surface area contributed by atoms with Crippen LogP contribution in [-0.2, 0) is 11.2 Å². The Morgan fingerprint density at radius 2 is 2.17 bits per heavy atom. The molecule has 0 aliphatic heterocycles. The van der Waals surface area contributed by atoms with Crippen LogP contribution in [-0.4, -0.2) is 50.8 Å². The van der Waals surface area contributed by atoms with E-state index < -0.39 is 0 Å². The number of rotatable bonds is 8. The van der Waals surface area contributed by atoms with Crippen molar-refractivity contribution >= 4 is 5.96 Å². The Morgan fingerprint density at radius 1 is 1.35 bits per heavy atom. The summed E-state index contributed by atoms with van der Waals surface area (Å²) in [5.74, 6) is 2.41. The highest BCUT2D eigenvalue weighted by molar-refractivity contribution is 5.79. The predicted octanol–water partition coefficient (Wildman–Crippen LogP) is 2.65. The van der Waals surface area contributed by atoms with Gasteiger partial charge in [-0.25, -0.2) is 0 Å². The molecule has 2 aliphatic rings. The third-order valence-electron chi connectivity index (χ3n) is 4.74. The van der Waals surface area contributed by atoms with E-state index in [0.29, 0.717) is 5.92 Å². The zero-order valence-electron chi connectivity index (χ0n) is 14.4. The Labute approximate surface area is 139 Å². The van der Waals surface area contributed by atoms with Crippen LogP contribution in [0.4, 0.5) is 0 Å². The number of nitrogens with one attached hydrogen (secondary N) is 1. The molecule has 1 atom stereocenters. The second-order valence-corrected chi connectivity index (χ2v) is 6.73. The number of benzene rings is 1. The molecule has 0 amide bonds. The summed E-state index contributed by atoms with van der Waals surface area (Å²) in [4.78, 5) is 7.02. The van der Waals surface area contributed by atoms with Crippen LogP contribution in [0.3, 0.4) is 0 Å². The van der Waals surface area contributed by atoms with Gasteiger partial charge in [0.05, 0.1) is 6.61 Å². The van der Waals surface area contributed by atoms with E-state index in [1.807, 2.05) is 0 Å². The lowest BCUT2D eigenvalue weighted by Crippen LogP contribution is -2.41. The SMILES string of the molecule is CCNC(=NCC1Cc2ccccc21)N(C)CCOCC1CC1. The maximum atomic E-state index is 5.74. The lowest BCUT2D eigenvalue weighted by Gasteiger charge is -2.29. The van der Waals surface area contributed by atoms with Gasteiger partial charge in [-0.05, 0) is 43.2 Å². The van der Waals surface area contributed by atoms with Crippen molar-refractivity contribution in [2.24, 2.45) is 10.9 Å². The van der Waals surface area contributed by atoms with Gasteiger partial charge in [0.1, 0.15) is 0 Å². The van der Waals surface area contributed by atoms with Gasteiger partial charge in [-0.3, -0.25) is 4.99 Å². The summed E-state index contributed by atoms with van der Waals surface area (Å²) >= 11 is 0. The first-order valence-electron chi connectivity index (χ1n) is 8.93. The van der Waals surface area contributed by atoms with Gasteiger partial charge in [-0.1, -0.05) is 24.3 Å². The summed E-state index contributed by atoms with van der Waals surface area (Å²) in [7, 11) is 2.09. The average molecular weight is 315 g/mol. The van der Waals surface area contributed by atoms with E-state index in [2.05, 4.69) is 48.5 Å². The third-order valence-corrected chi connectivity index (χ3v) is 4.74. The molecule has 126 valence electrons. The van der Waals surface area contributed by atoms with Crippen LogP contribution >= 0.6 is 0 Å². The Balaban J connectivity index is 1.46. The lowest BCUT2D eigenvalue weighted by molar-refractivity contribution is 0.115. The number of guanidine groups is 1. The minimum Gasteiger partial charge on any atom is -0.379 e. The number of hydrogen-bond donors (Lipinski definition) is 1. The molecule has 1 aromatic carbocycles. The van der Waals surface area contributed by atoms with E-state index in [9.17, 15) is 0 Å². The number of aliphatic imine (C=N–C) groups is 1. The first-order valence-corrected chi connectivity index (χ1v) is 8.93. The van der Waals surface area contributed by atoms with Crippen molar-refractivity contribution in [3.05, 3.63) is 35.4 Å². The van der Waals surface area contributed by atoms with Crippen LogP contribution in [0.1, 0.15) is 36.8 Å². The van der Waals surface area contributed by atoms with Crippen LogP contribution in [0.2, 0.25) is 0 Å². The van der Waals surface area contributed by atoms with Crippen LogP contribution in [0.15, 0.2) is 29.3 Å². The van der Waals surface area contributed by atoms with Crippen molar-refractivity contribution in [1.82, 2.24) is 10.2 Å². The number of hydrogen-bond acceptors (Lipinski definition) is 2. The molecule has 1 unspecified atom stereocenters. The number of nitrogens with zero attached hydrogens (tertiary/aromatic N) is 2. The average Bonchev–Trinajstić information content (AvgIpc) is 3.35. The van der Waals surface area contributed by atoms with Crippen LogP contribution in [0.5, 0.6) is 0 Å². The molecule has 0 spiro atoms. The molecule has 0 aromatic heterocycles. The minimum absolute atomic E-state index is 0.583. The largest absolute Gasteiger partial charge is 0.379 e. The molecule has 4 heteroatoms. The molecular weight excluding hydrogens is 286 g/mol. The van der Waals surface area contributed by atoms with Gasteiger partial charge in [0.25, 0.3) is 0 Å². The highest BCUT2D eigenvalue weighted by Gasteiger charge is 2.25. The molecule has 0 saturated heterocycles. The summed E-state index contributed by atoms with van der Waals surface area (Å²) in [5, 5.41) is 3.39. The molecule has 2 aliphatic carbocycles. The Bertz CT molecular complexity index is 539. The van der Waals surface area contributed by atoms with Gasteiger partial charge in [0, 0.05) is 39.2 Å².